The summed E-state index contributed by atoms with van der Waals surface area (Å²) in [5.74, 6) is 1.83. The number of para-hydroxylation sites is 4. The molecule has 4 heterocycles. The zero-order valence-electron chi connectivity index (χ0n) is 39.6. The fourth-order valence-corrected chi connectivity index (χ4v) is 12.0. The monoisotopic (exact) mass is 920 g/mol. The highest BCUT2D eigenvalue weighted by Gasteiger charge is 2.41. The Hall–Kier alpha value is -9.39. The number of rotatable bonds is 5. The van der Waals surface area contributed by atoms with Gasteiger partial charge in [-0.25, -0.2) is 4.98 Å². The molecule has 0 amide bonds. The molecule has 0 N–H and O–H groups in total. The maximum absolute atomic E-state index is 5.17. The molecule has 72 heavy (non-hydrogen) atoms. The molecule has 10 aromatic carbocycles. The van der Waals surface area contributed by atoms with Crippen LogP contribution < -0.4 is 9.80 Å². The van der Waals surface area contributed by atoms with Crippen molar-refractivity contribution < 1.29 is 0 Å². The zero-order chi connectivity index (χ0) is 47.7. The third kappa shape index (κ3) is 5.81. The third-order valence-electron chi connectivity index (χ3n) is 15.3. The molecule has 15 rings (SSSR count). The van der Waals surface area contributed by atoms with E-state index < -0.39 is 0 Å². The van der Waals surface area contributed by atoms with Crippen molar-refractivity contribution in [3.8, 4) is 73.2 Å². The summed E-state index contributed by atoms with van der Waals surface area (Å²) in [7, 11) is 0. The Kier molecular flexibility index (Phi) is 8.61. The molecule has 2 aliphatic heterocycles. The van der Waals surface area contributed by atoms with Crippen LogP contribution in [0.1, 0.15) is 25.0 Å². The lowest BCUT2D eigenvalue weighted by Crippen LogP contribution is -2.25. The van der Waals surface area contributed by atoms with E-state index in [0.717, 1.165) is 66.8 Å². The first-order chi connectivity index (χ1) is 35.5. The van der Waals surface area contributed by atoms with Gasteiger partial charge in [0.2, 0.25) is 5.95 Å². The second-order valence-corrected chi connectivity index (χ2v) is 19.6. The summed E-state index contributed by atoms with van der Waals surface area (Å²) in [6, 6.07) is 83.4. The molecular weight excluding hydrogens is 877 g/mol. The molecule has 0 spiro atoms. The molecule has 3 aliphatic rings. The quantitative estimate of drug-likeness (QED) is 0.172. The molecule has 6 heteroatoms. The summed E-state index contributed by atoms with van der Waals surface area (Å²) >= 11 is 0. The maximum Gasteiger partial charge on any atom is 0.238 e. The van der Waals surface area contributed by atoms with Crippen LogP contribution in [-0.4, -0.2) is 19.5 Å². The lowest BCUT2D eigenvalue weighted by atomic mass is 9.82. The molecule has 0 radical (unpaired) electrons. The number of fused-ring (bicyclic) bond motifs is 13. The van der Waals surface area contributed by atoms with E-state index in [4.69, 9.17) is 15.0 Å². The van der Waals surface area contributed by atoms with Crippen LogP contribution in [-0.2, 0) is 5.41 Å². The average Bonchev–Trinajstić information content (AvgIpc) is 3.85. The predicted octanol–water partition coefficient (Wildman–Crippen LogP) is 17.2. The molecule has 0 saturated carbocycles. The second-order valence-electron chi connectivity index (χ2n) is 19.6. The minimum atomic E-state index is -0.124. The van der Waals surface area contributed by atoms with Crippen LogP contribution in [0.4, 0.5) is 34.1 Å². The van der Waals surface area contributed by atoms with Gasteiger partial charge in [0.05, 0.1) is 45.2 Å². The lowest BCUT2D eigenvalue weighted by molar-refractivity contribution is 0.660. The normalized spacial score (nSPS) is 13.5. The maximum atomic E-state index is 5.17. The van der Waals surface area contributed by atoms with Crippen molar-refractivity contribution in [3.63, 3.8) is 0 Å². The summed E-state index contributed by atoms with van der Waals surface area (Å²) in [5.41, 5.74) is 23.2. The Morgan fingerprint density at radius 1 is 0.333 bits per heavy atom. The molecule has 0 bridgehead atoms. The van der Waals surface area contributed by atoms with Gasteiger partial charge in [0.1, 0.15) is 0 Å². The number of benzene rings is 10. The second kappa shape index (κ2) is 15.3. The molecule has 12 aromatic rings. The molecule has 0 saturated heterocycles. The summed E-state index contributed by atoms with van der Waals surface area (Å²) in [5, 5.41) is 2.26. The van der Waals surface area contributed by atoms with Gasteiger partial charge < -0.3 is 9.80 Å². The van der Waals surface area contributed by atoms with Crippen LogP contribution >= 0.6 is 0 Å². The summed E-state index contributed by atoms with van der Waals surface area (Å²) in [4.78, 5) is 20.4. The average molecular weight is 921 g/mol. The van der Waals surface area contributed by atoms with Gasteiger partial charge in [-0.2, -0.15) is 9.97 Å². The molecular formula is C66H44N6. The van der Waals surface area contributed by atoms with Crippen molar-refractivity contribution >= 4 is 55.9 Å². The molecule has 338 valence electrons. The first-order valence-corrected chi connectivity index (χ1v) is 24.7. The van der Waals surface area contributed by atoms with Gasteiger partial charge in [0.15, 0.2) is 11.6 Å². The van der Waals surface area contributed by atoms with Crippen molar-refractivity contribution in [2.24, 2.45) is 0 Å². The van der Waals surface area contributed by atoms with Crippen LogP contribution in [0.2, 0.25) is 0 Å². The van der Waals surface area contributed by atoms with E-state index in [0.29, 0.717) is 17.6 Å². The number of nitrogens with zero attached hydrogens (tertiary/aromatic N) is 6. The molecule has 0 atom stereocenters. The Labute approximate surface area is 417 Å². The van der Waals surface area contributed by atoms with Crippen LogP contribution in [0.5, 0.6) is 0 Å². The number of anilines is 6. The first kappa shape index (κ1) is 40.5. The van der Waals surface area contributed by atoms with E-state index in [1.54, 1.807) is 0 Å². The van der Waals surface area contributed by atoms with Gasteiger partial charge in [-0.3, -0.25) is 4.57 Å². The van der Waals surface area contributed by atoms with Gasteiger partial charge in [-0.1, -0.05) is 190 Å². The van der Waals surface area contributed by atoms with Gasteiger partial charge in [-0.15, -0.1) is 0 Å². The SMILES string of the molecule is CC1(C)c2ccccc2-c2c(N3c4ccccc4N4c5ccc(-c6ccc7c(c6)c6ccccc6n7-c6nc(-c7ccccc7)nc(-c7ccccc7)n6)cc5-c5ccccc5-c5cccc3c54)cccc21. The van der Waals surface area contributed by atoms with Gasteiger partial charge in [0, 0.05) is 44.0 Å². The van der Waals surface area contributed by atoms with E-state index in [9.17, 15) is 0 Å². The van der Waals surface area contributed by atoms with Crippen molar-refractivity contribution in [2.75, 3.05) is 9.80 Å². The lowest BCUT2D eigenvalue weighted by Gasteiger charge is -2.41. The molecule has 2 aromatic heterocycles. The van der Waals surface area contributed by atoms with Crippen LogP contribution in [0, 0.1) is 0 Å². The summed E-state index contributed by atoms with van der Waals surface area (Å²) < 4.78 is 2.19. The minimum absolute atomic E-state index is 0.124. The van der Waals surface area contributed by atoms with Gasteiger partial charge in [-0.05, 0) is 93.5 Å². The topological polar surface area (TPSA) is 50.1 Å². The minimum Gasteiger partial charge on any atom is -0.306 e. The fraction of sp³-hybridized carbons (Fsp3) is 0.0455. The van der Waals surface area contributed by atoms with Crippen molar-refractivity contribution in [3.05, 3.63) is 242 Å². The Morgan fingerprint density at radius 3 is 1.64 bits per heavy atom. The third-order valence-corrected chi connectivity index (χ3v) is 15.3. The smallest absolute Gasteiger partial charge is 0.238 e. The number of aromatic nitrogens is 4. The van der Waals surface area contributed by atoms with Crippen LogP contribution in [0.25, 0.3) is 95.0 Å². The van der Waals surface area contributed by atoms with Crippen molar-refractivity contribution in [1.82, 2.24) is 19.5 Å². The van der Waals surface area contributed by atoms with Gasteiger partial charge >= 0.3 is 0 Å². The highest BCUT2D eigenvalue weighted by Crippen LogP contribution is 2.63. The largest absolute Gasteiger partial charge is 0.306 e. The van der Waals surface area contributed by atoms with Crippen LogP contribution in [0.3, 0.4) is 0 Å². The first-order valence-electron chi connectivity index (χ1n) is 24.7. The Bertz CT molecular complexity index is 4150. The Morgan fingerprint density at radius 2 is 0.875 bits per heavy atom. The van der Waals surface area contributed by atoms with E-state index in [2.05, 4.69) is 222 Å². The van der Waals surface area contributed by atoms with Crippen molar-refractivity contribution in [2.45, 2.75) is 19.3 Å². The van der Waals surface area contributed by atoms with E-state index in [-0.39, 0.29) is 5.41 Å². The standard InChI is InChI=1S/C66H44N6/c1-66(2)52-28-13-11-26-49(52)61-53(66)29-18-33-59(61)70-57-31-15-16-32-58(57)71-55-37-35-43(39-50(55)46-24-10-9-23-45(46)48-27-17-34-60(70)62(48)71)44-36-38-56-51(40-44)47-25-12-14-30-54(47)72(56)65-68-63(41-19-5-3-6-20-41)67-64(69-65)42-21-7-4-8-22-42/h3-40H,1-2H3. The predicted molar refractivity (Wildman–Crippen MR) is 295 cm³/mol. The summed E-state index contributed by atoms with van der Waals surface area (Å²) in [6.45, 7) is 4.72. The Balaban J connectivity index is 0.908. The molecule has 0 unspecified atom stereocenters. The fourth-order valence-electron chi connectivity index (χ4n) is 12.0. The van der Waals surface area contributed by atoms with E-state index in [1.165, 1.54) is 55.9 Å². The highest BCUT2D eigenvalue weighted by molar-refractivity contribution is 6.14. The number of hydrogen-bond acceptors (Lipinski definition) is 5. The highest BCUT2D eigenvalue weighted by atomic mass is 15.3. The number of hydrogen-bond donors (Lipinski definition) is 0. The van der Waals surface area contributed by atoms with E-state index >= 15 is 0 Å². The molecule has 6 nitrogen and oxygen atoms in total. The van der Waals surface area contributed by atoms with Gasteiger partial charge in [0.25, 0.3) is 0 Å². The molecule has 1 aliphatic carbocycles. The van der Waals surface area contributed by atoms with E-state index in [1.807, 2.05) is 36.4 Å². The zero-order valence-corrected chi connectivity index (χ0v) is 39.6. The molecule has 0 fully saturated rings. The summed E-state index contributed by atoms with van der Waals surface area (Å²) in [6.07, 6.45) is 0. The van der Waals surface area contributed by atoms with Crippen LogP contribution in [0.15, 0.2) is 231 Å². The van der Waals surface area contributed by atoms with Crippen molar-refractivity contribution in [1.29, 1.82) is 0 Å².